The van der Waals surface area contributed by atoms with Gasteiger partial charge >= 0.3 is 0 Å². The number of hydrogen-bond acceptors (Lipinski definition) is 3. The number of carbonyl (C=O) groups excluding carboxylic acids is 2. The third-order valence-electron chi connectivity index (χ3n) is 6.73. The minimum atomic E-state index is -0.291. The molecule has 170 valence electrons. The summed E-state index contributed by atoms with van der Waals surface area (Å²) in [6.45, 7) is 3.03. The molecule has 5 nitrogen and oxygen atoms in total. The highest BCUT2D eigenvalue weighted by Gasteiger charge is 2.37. The highest BCUT2D eigenvalue weighted by Crippen LogP contribution is 2.31. The molecule has 1 aliphatic heterocycles. The van der Waals surface area contributed by atoms with Crippen LogP contribution in [0.2, 0.25) is 0 Å². The van der Waals surface area contributed by atoms with E-state index in [4.69, 9.17) is 0 Å². The van der Waals surface area contributed by atoms with E-state index in [0.29, 0.717) is 45.1 Å². The number of amides is 2. The van der Waals surface area contributed by atoms with Crippen molar-refractivity contribution in [1.82, 2.24) is 15.1 Å². The van der Waals surface area contributed by atoms with Crippen molar-refractivity contribution >= 4 is 11.8 Å². The molecule has 1 atom stereocenters. The first kappa shape index (κ1) is 22.5. The van der Waals surface area contributed by atoms with Crippen LogP contribution in [-0.2, 0) is 22.6 Å². The Bertz CT molecular complexity index is 906. The Balaban J connectivity index is 1.35. The summed E-state index contributed by atoms with van der Waals surface area (Å²) in [6.07, 6.45) is 4.86. The molecule has 2 aromatic rings. The van der Waals surface area contributed by atoms with Crippen molar-refractivity contribution < 1.29 is 14.0 Å². The van der Waals surface area contributed by atoms with E-state index in [1.165, 1.54) is 12.1 Å². The predicted octanol–water partition coefficient (Wildman–Crippen LogP) is 3.39. The average molecular weight is 438 g/mol. The van der Waals surface area contributed by atoms with E-state index >= 15 is 0 Å². The van der Waals surface area contributed by atoms with E-state index in [-0.39, 0.29) is 23.7 Å². The smallest absolute Gasteiger partial charge is 0.237 e. The lowest BCUT2D eigenvalue weighted by Gasteiger charge is -2.40. The SMILES string of the molecule is O=C(NCc1cccc(F)c1)[C@H](C1CCCC1)N1CCN(C(=O)Cc2ccccc2)CC1. The molecular formula is C26H32FN3O2. The Morgan fingerprint density at radius 2 is 1.62 bits per heavy atom. The Kier molecular flexibility index (Phi) is 7.53. The van der Waals surface area contributed by atoms with E-state index in [1.54, 1.807) is 6.07 Å². The molecule has 0 radical (unpaired) electrons. The first-order valence-corrected chi connectivity index (χ1v) is 11.7. The molecule has 0 bridgehead atoms. The monoisotopic (exact) mass is 437 g/mol. The van der Waals surface area contributed by atoms with Gasteiger partial charge in [-0.05, 0) is 42.0 Å². The highest BCUT2D eigenvalue weighted by atomic mass is 19.1. The molecular weight excluding hydrogens is 405 g/mol. The van der Waals surface area contributed by atoms with Crippen LogP contribution in [0.5, 0.6) is 0 Å². The van der Waals surface area contributed by atoms with Crippen LogP contribution in [0, 0.1) is 11.7 Å². The molecule has 1 saturated heterocycles. The van der Waals surface area contributed by atoms with Crippen molar-refractivity contribution in [3.63, 3.8) is 0 Å². The number of benzene rings is 2. The van der Waals surface area contributed by atoms with Crippen molar-refractivity contribution in [3.05, 3.63) is 71.5 Å². The number of halogens is 1. The minimum Gasteiger partial charge on any atom is -0.351 e. The van der Waals surface area contributed by atoms with Gasteiger partial charge in [-0.2, -0.15) is 0 Å². The molecule has 0 spiro atoms. The zero-order chi connectivity index (χ0) is 22.3. The van der Waals surface area contributed by atoms with Crippen LogP contribution in [0.4, 0.5) is 4.39 Å². The third-order valence-corrected chi connectivity index (χ3v) is 6.73. The topological polar surface area (TPSA) is 52.7 Å². The van der Waals surface area contributed by atoms with Gasteiger partial charge in [-0.1, -0.05) is 55.3 Å². The quantitative estimate of drug-likeness (QED) is 0.723. The summed E-state index contributed by atoms with van der Waals surface area (Å²) < 4.78 is 13.5. The van der Waals surface area contributed by atoms with E-state index in [0.717, 1.165) is 36.8 Å². The van der Waals surface area contributed by atoms with Crippen molar-refractivity contribution in [2.24, 2.45) is 5.92 Å². The van der Waals surface area contributed by atoms with E-state index in [1.807, 2.05) is 41.3 Å². The van der Waals surface area contributed by atoms with Crippen molar-refractivity contribution in [2.75, 3.05) is 26.2 Å². The summed E-state index contributed by atoms with van der Waals surface area (Å²) in [4.78, 5) is 30.1. The number of piperazine rings is 1. The van der Waals surface area contributed by atoms with Crippen LogP contribution in [0.3, 0.4) is 0 Å². The van der Waals surface area contributed by atoms with E-state index in [9.17, 15) is 14.0 Å². The Labute approximate surface area is 189 Å². The standard InChI is InChI=1S/C26H32FN3O2/c27-23-12-6-9-21(17-23)19-28-26(32)25(22-10-4-5-11-22)30-15-13-29(14-16-30)24(31)18-20-7-2-1-3-8-20/h1-3,6-9,12,17,22,25H,4-5,10-11,13-16,18-19H2,(H,28,32)/t25-/m0/s1. The van der Waals surface area contributed by atoms with E-state index < -0.39 is 0 Å². The van der Waals surface area contributed by atoms with E-state index in [2.05, 4.69) is 10.2 Å². The number of carbonyl (C=O) groups is 2. The zero-order valence-electron chi connectivity index (χ0n) is 18.5. The molecule has 4 rings (SSSR count). The zero-order valence-corrected chi connectivity index (χ0v) is 18.5. The maximum Gasteiger partial charge on any atom is 0.237 e. The van der Waals surface area contributed by atoms with Gasteiger partial charge in [0.1, 0.15) is 5.82 Å². The normalized spacial score (nSPS) is 18.5. The van der Waals surface area contributed by atoms with Gasteiger partial charge < -0.3 is 10.2 Å². The summed E-state index contributed by atoms with van der Waals surface area (Å²) in [6, 6.07) is 16.0. The van der Waals surface area contributed by atoms with Gasteiger partial charge in [-0.25, -0.2) is 4.39 Å². The Morgan fingerprint density at radius 1 is 0.938 bits per heavy atom. The van der Waals surface area contributed by atoms with Gasteiger partial charge in [0.15, 0.2) is 0 Å². The summed E-state index contributed by atoms with van der Waals surface area (Å²) in [5.41, 5.74) is 1.79. The number of hydrogen-bond donors (Lipinski definition) is 1. The van der Waals surface area contributed by atoms with Crippen LogP contribution in [-0.4, -0.2) is 53.8 Å². The predicted molar refractivity (Wildman–Crippen MR) is 122 cm³/mol. The lowest BCUT2D eigenvalue weighted by molar-refractivity contribution is -0.134. The number of nitrogens with zero attached hydrogens (tertiary/aromatic N) is 2. The van der Waals surface area contributed by atoms with Crippen molar-refractivity contribution in [1.29, 1.82) is 0 Å². The molecule has 2 fully saturated rings. The second-order valence-corrected chi connectivity index (χ2v) is 8.92. The average Bonchev–Trinajstić information content (AvgIpc) is 3.33. The van der Waals surface area contributed by atoms with Crippen LogP contribution in [0.25, 0.3) is 0 Å². The summed E-state index contributed by atoms with van der Waals surface area (Å²) in [5, 5.41) is 3.04. The van der Waals surface area contributed by atoms with Gasteiger partial charge in [0, 0.05) is 32.7 Å². The second-order valence-electron chi connectivity index (χ2n) is 8.92. The summed E-state index contributed by atoms with van der Waals surface area (Å²) in [7, 11) is 0. The summed E-state index contributed by atoms with van der Waals surface area (Å²) >= 11 is 0. The van der Waals surface area contributed by atoms with Crippen molar-refractivity contribution in [3.8, 4) is 0 Å². The summed E-state index contributed by atoms with van der Waals surface area (Å²) in [5.74, 6) is 0.212. The fraction of sp³-hybridized carbons (Fsp3) is 0.462. The fourth-order valence-electron chi connectivity index (χ4n) is 5.02. The second kappa shape index (κ2) is 10.7. The van der Waals surface area contributed by atoms with Gasteiger partial charge in [-0.3, -0.25) is 14.5 Å². The first-order chi connectivity index (χ1) is 15.6. The first-order valence-electron chi connectivity index (χ1n) is 11.7. The molecule has 1 heterocycles. The Hall–Kier alpha value is -2.73. The van der Waals surface area contributed by atoms with Gasteiger partial charge in [0.25, 0.3) is 0 Å². The molecule has 1 aliphatic carbocycles. The van der Waals surface area contributed by atoms with Crippen LogP contribution >= 0.6 is 0 Å². The van der Waals surface area contributed by atoms with Crippen LogP contribution in [0.1, 0.15) is 36.8 Å². The molecule has 6 heteroatoms. The molecule has 2 aromatic carbocycles. The molecule has 0 aromatic heterocycles. The van der Waals surface area contributed by atoms with Crippen LogP contribution < -0.4 is 5.32 Å². The highest BCUT2D eigenvalue weighted by molar-refractivity contribution is 5.82. The molecule has 2 amide bonds. The van der Waals surface area contributed by atoms with Crippen LogP contribution in [0.15, 0.2) is 54.6 Å². The Morgan fingerprint density at radius 3 is 2.31 bits per heavy atom. The van der Waals surface area contributed by atoms with Gasteiger partial charge in [-0.15, -0.1) is 0 Å². The molecule has 1 saturated carbocycles. The largest absolute Gasteiger partial charge is 0.351 e. The van der Waals surface area contributed by atoms with Gasteiger partial charge in [0.05, 0.1) is 12.5 Å². The molecule has 32 heavy (non-hydrogen) atoms. The maximum atomic E-state index is 13.5. The molecule has 2 aliphatic rings. The minimum absolute atomic E-state index is 0.0187. The van der Waals surface area contributed by atoms with Crippen molar-refractivity contribution in [2.45, 2.75) is 44.7 Å². The number of rotatable bonds is 7. The van der Waals surface area contributed by atoms with Gasteiger partial charge in [0.2, 0.25) is 11.8 Å². The maximum absolute atomic E-state index is 13.5. The lowest BCUT2D eigenvalue weighted by Crippen LogP contribution is -2.58. The molecule has 1 N–H and O–H groups in total. The number of nitrogens with one attached hydrogen (secondary N) is 1. The molecule has 0 unspecified atom stereocenters. The fourth-order valence-corrected chi connectivity index (χ4v) is 5.02. The third kappa shape index (κ3) is 5.74. The lowest BCUT2D eigenvalue weighted by atomic mass is 9.94.